The van der Waals surface area contributed by atoms with Gasteiger partial charge in [0.1, 0.15) is 4.88 Å². The Hall–Kier alpha value is -1.91. The minimum absolute atomic E-state index is 0.209. The highest BCUT2D eigenvalue weighted by Crippen LogP contribution is 2.35. The summed E-state index contributed by atoms with van der Waals surface area (Å²) in [5, 5.41) is 4.19. The minimum Gasteiger partial charge on any atom is -0.320 e. The number of rotatable bonds is 2. The van der Waals surface area contributed by atoms with Crippen LogP contribution in [0.2, 0.25) is 5.02 Å². The summed E-state index contributed by atoms with van der Waals surface area (Å²) in [6.45, 7) is 0. The van der Waals surface area contributed by atoms with Crippen LogP contribution in [0.15, 0.2) is 48.8 Å². The average molecular weight is 289 g/mol. The molecule has 0 aliphatic carbocycles. The van der Waals surface area contributed by atoms with Crippen molar-refractivity contribution in [1.29, 1.82) is 0 Å². The molecule has 0 spiro atoms. The maximum atomic E-state index is 12.2. The van der Waals surface area contributed by atoms with Gasteiger partial charge in [-0.2, -0.15) is 0 Å². The molecule has 0 fully saturated rings. The molecule has 0 bridgehead atoms. The Morgan fingerprint density at radius 3 is 2.79 bits per heavy atom. The first-order valence-electron chi connectivity index (χ1n) is 5.64. The fraction of sp³-hybridized carbons (Fsp3) is 0. The quantitative estimate of drug-likeness (QED) is 0.768. The number of halogens is 1. The van der Waals surface area contributed by atoms with Crippen LogP contribution in [-0.2, 0) is 0 Å². The van der Waals surface area contributed by atoms with Crippen LogP contribution in [0.3, 0.4) is 0 Å². The molecule has 5 heteroatoms. The summed E-state index contributed by atoms with van der Waals surface area (Å²) in [6.07, 6.45) is 3.25. The second-order valence-electron chi connectivity index (χ2n) is 3.94. The van der Waals surface area contributed by atoms with Gasteiger partial charge in [0.15, 0.2) is 0 Å². The number of fused-ring (bicyclic) bond motifs is 1. The fourth-order valence-corrected chi connectivity index (χ4v) is 3.20. The molecule has 94 valence electrons. The van der Waals surface area contributed by atoms with Crippen LogP contribution in [0.1, 0.15) is 9.67 Å². The van der Waals surface area contributed by atoms with Gasteiger partial charge in [0.25, 0.3) is 5.91 Å². The van der Waals surface area contributed by atoms with Crippen LogP contribution < -0.4 is 5.32 Å². The lowest BCUT2D eigenvalue weighted by Crippen LogP contribution is -2.10. The largest absolute Gasteiger partial charge is 0.320 e. The van der Waals surface area contributed by atoms with Gasteiger partial charge in [-0.15, -0.1) is 11.3 Å². The minimum atomic E-state index is -0.209. The molecule has 0 radical (unpaired) electrons. The zero-order chi connectivity index (χ0) is 13.2. The zero-order valence-electron chi connectivity index (χ0n) is 9.76. The molecule has 1 amide bonds. The summed E-state index contributed by atoms with van der Waals surface area (Å²) in [6, 6.07) is 11.2. The molecule has 19 heavy (non-hydrogen) atoms. The van der Waals surface area contributed by atoms with Gasteiger partial charge in [-0.1, -0.05) is 29.8 Å². The number of benzene rings is 1. The van der Waals surface area contributed by atoms with E-state index >= 15 is 0 Å². The van der Waals surface area contributed by atoms with E-state index in [4.69, 9.17) is 11.6 Å². The number of aromatic nitrogens is 1. The first-order valence-corrected chi connectivity index (χ1v) is 6.83. The van der Waals surface area contributed by atoms with E-state index in [1.165, 1.54) is 11.3 Å². The van der Waals surface area contributed by atoms with Crippen molar-refractivity contribution in [3.8, 4) is 0 Å². The molecule has 0 atom stereocenters. The molecule has 3 aromatic rings. The van der Waals surface area contributed by atoms with Crippen molar-refractivity contribution in [2.75, 3.05) is 5.32 Å². The first kappa shape index (κ1) is 12.1. The van der Waals surface area contributed by atoms with Gasteiger partial charge in [0.05, 0.1) is 16.9 Å². The predicted octanol–water partition coefficient (Wildman–Crippen LogP) is 4.20. The second-order valence-corrected chi connectivity index (χ2v) is 5.37. The Morgan fingerprint density at radius 1 is 1.21 bits per heavy atom. The van der Waals surface area contributed by atoms with Crippen LogP contribution in [0.25, 0.3) is 10.1 Å². The molecule has 1 aromatic carbocycles. The molecule has 0 unspecified atom stereocenters. The van der Waals surface area contributed by atoms with Crippen molar-refractivity contribution >= 4 is 44.6 Å². The molecule has 2 aromatic heterocycles. The van der Waals surface area contributed by atoms with Crippen molar-refractivity contribution in [1.82, 2.24) is 4.98 Å². The lowest BCUT2D eigenvalue weighted by molar-refractivity contribution is 0.103. The van der Waals surface area contributed by atoms with Crippen molar-refractivity contribution < 1.29 is 4.79 Å². The Bertz CT molecular complexity index is 740. The van der Waals surface area contributed by atoms with Crippen LogP contribution in [-0.4, -0.2) is 10.9 Å². The Kier molecular flexibility index (Phi) is 3.19. The monoisotopic (exact) mass is 288 g/mol. The van der Waals surface area contributed by atoms with E-state index in [0.717, 1.165) is 10.1 Å². The Balaban J connectivity index is 1.96. The highest BCUT2D eigenvalue weighted by Gasteiger charge is 2.16. The molecule has 1 N–H and O–H groups in total. The molecule has 0 saturated carbocycles. The van der Waals surface area contributed by atoms with Crippen LogP contribution >= 0.6 is 22.9 Å². The van der Waals surface area contributed by atoms with Crippen LogP contribution in [0.5, 0.6) is 0 Å². The third-order valence-corrected chi connectivity index (χ3v) is 4.33. The number of nitrogens with one attached hydrogen (secondary N) is 1. The topological polar surface area (TPSA) is 42.0 Å². The Labute approximate surface area is 118 Å². The van der Waals surface area contributed by atoms with Gasteiger partial charge in [-0.3, -0.25) is 9.78 Å². The van der Waals surface area contributed by atoms with E-state index in [1.807, 2.05) is 24.3 Å². The first-order chi connectivity index (χ1) is 9.25. The van der Waals surface area contributed by atoms with E-state index in [9.17, 15) is 4.79 Å². The molecule has 0 aliphatic heterocycles. The van der Waals surface area contributed by atoms with Gasteiger partial charge in [-0.05, 0) is 18.2 Å². The number of nitrogens with zero attached hydrogens (tertiary/aromatic N) is 1. The number of hydrogen-bond donors (Lipinski definition) is 1. The van der Waals surface area contributed by atoms with Gasteiger partial charge >= 0.3 is 0 Å². The van der Waals surface area contributed by atoms with E-state index in [0.29, 0.717) is 15.6 Å². The zero-order valence-corrected chi connectivity index (χ0v) is 11.3. The number of anilines is 1. The lowest BCUT2D eigenvalue weighted by Gasteiger charge is -2.02. The third kappa shape index (κ3) is 2.32. The van der Waals surface area contributed by atoms with E-state index in [-0.39, 0.29) is 5.91 Å². The Morgan fingerprint density at radius 2 is 2.05 bits per heavy atom. The van der Waals surface area contributed by atoms with Gasteiger partial charge in [0.2, 0.25) is 0 Å². The highest BCUT2D eigenvalue weighted by molar-refractivity contribution is 7.21. The molecule has 2 heterocycles. The number of hydrogen-bond acceptors (Lipinski definition) is 3. The maximum Gasteiger partial charge on any atom is 0.267 e. The molecular formula is C14H9ClN2OS. The summed E-state index contributed by atoms with van der Waals surface area (Å²) < 4.78 is 1.00. The molecular weight excluding hydrogens is 280 g/mol. The summed E-state index contributed by atoms with van der Waals surface area (Å²) in [7, 11) is 0. The standard InChI is InChI=1S/C14H9ClN2OS/c15-12-10-5-1-2-6-11(10)19-13(12)14(18)17-9-4-3-7-16-8-9/h1-8H,(H,17,18). The predicted molar refractivity (Wildman–Crippen MR) is 79.0 cm³/mol. The number of pyridine rings is 1. The summed E-state index contributed by atoms with van der Waals surface area (Å²) in [5.41, 5.74) is 0.654. The number of thiophene rings is 1. The number of carbonyl (C=O) groups is 1. The smallest absolute Gasteiger partial charge is 0.267 e. The van der Waals surface area contributed by atoms with E-state index < -0.39 is 0 Å². The van der Waals surface area contributed by atoms with Crippen molar-refractivity contribution in [3.63, 3.8) is 0 Å². The van der Waals surface area contributed by atoms with Gasteiger partial charge < -0.3 is 5.32 Å². The third-order valence-electron chi connectivity index (χ3n) is 2.66. The molecule has 0 aliphatic rings. The van der Waals surface area contributed by atoms with E-state index in [1.54, 1.807) is 24.5 Å². The lowest BCUT2D eigenvalue weighted by atomic mass is 10.2. The van der Waals surface area contributed by atoms with Crippen molar-refractivity contribution in [3.05, 3.63) is 58.7 Å². The van der Waals surface area contributed by atoms with Crippen LogP contribution in [0, 0.1) is 0 Å². The fourth-order valence-electron chi connectivity index (χ4n) is 1.78. The molecule has 3 nitrogen and oxygen atoms in total. The average Bonchev–Trinajstić information content (AvgIpc) is 2.78. The van der Waals surface area contributed by atoms with Gasteiger partial charge in [-0.25, -0.2) is 0 Å². The van der Waals surface area contributed by atoms with Gasteiger partial charge in [0, 0.05) is 16.3 Å². The summed E-state index contributed by atoms with van der Waals surface area (Å²) in [4.78, 5) is 16.7. The van der Waals surface area contributed by atoms with Crippen LogP contribution in [0.4, 0.5) is 5.69 Å². The molecule has 0 saturated heterocycles. The normalized spacial score (nSPS) is 10.6. The van der Waals surface area contributed by atoms with E-state index in [2.05, 4.69) is 10.3 Å². The SMILES string of the molecule is O=C(Nc1cccnc1)c1sc2ccccc2c1Cl. The number of carbonyl (C=O) groups excluding carboxylic acids is 1. The second kappa shape index (κ2) is 4.99. The maximum absolute atomic E-state index is 12.2. The van der Waals surface area contributed by atoms with Crippen molar-refractivity contribution in [2.45, 2.75) is 0 Å². The van der Waals surface area contributed by atoms with Crippen molar-refractivity contribution in [2.24, 2.45) is 0 Å². The summed E-state index contributed by atoms with van der Waals surface area (Å²) >= 11 is 7.64. The molecule has 3 rings (SSSR count). The summed E-state index contributed by atoms with van der Waals surface area (Å²) in [5.74, 6) is -0.209. The highest BCUT2D eigenvalue weighted by atomic mass is 35.5. The number of amides is 1.